The second-order valence-corrected chi connectivity index (χ2v) is 4.51. The third-order valence-corrected chi connectivity index (χ3v) is 3.05. The first-order chi connectivity index (χ1) is 6.52. The van der Waals surface area contributed by atoms with E-state index in [1.54, 1.807) is 12.1 Å². The van der Waals surface area contributed by atoms with Gasteiger partial charge in [-0.25, -0.2) is 0 Å². The van der Waals surface area contributed by atoms with Crippen LogP contribution in [0.4, 0.5) is 11.4 Å². The molecule has 0 saturated carbocycles. The Balaban J connectivity index is 0.00000112. The number of nitrogens with two attached hydrogens (primary N) is 1. The van der Waals surface area contributed by atoms with Crippen LogP contribution in [0.1, 0.15) is 12.0 Å². The first kappa shape index (κ1) is 12.3. The highest BCUT2D eigenvalue weighted by molar-refractivity contribution is 5.70. The van der Waals surface area contributed by atoms with E-state index in [-0.39, 0.29) is 17.0 Å². The number of fused-ring (bicyclic) bond motifs is 1. The Labute approximate surface area is 101 Å². The summed E-state index contributed by atoms with van der Waals surface area (Å²) in [6.07, 6.45) is 2.12. The van der Waals surface area contributed by atoms with Crippen molar-refractivity contribution in [3.05, 3.63) is 17.7 Å². The van der Waals surface area contributed by atoms with E-state index in [4.69, 9.17) is 5.73 Å². The van der Waals surface area contributed by atoms with E-state index in [1.165, 1.54) is 0 Å². The predicted molar refractivity (Wildman–Crippen MR) is 59.3 cm³/mol. The Bertz CT molecular complexity index is 377. The molecule has 0 spiro atoms. The molecular weight excluding hydrogens is 256 g/mol. The van der Waals surface area contributed by atoms with Gasteiger partial charge in [-0.2, -0.15) is 0 Å². The average Bonchev–Trinajstić information content (AvgIpc) is 2.10. The minimum atomic E-state index is 0. The molecule has 1 aromatic rings. The van der Waals surface area contributed by atoms with Crippen LogP contribution in [0.3, 0.4) is 0 Å². The molecule has 1 aliphatic heterocycles. The summed E-state index contributed by atoms with van der Waals surface area (Å²) in [6, 6.07) is 3.49. The molecule has 0 unspecified atom stereocenters. The van der Waals surface area contributed by atoms with Gasteiger partial charge >= 0.3 is 0 Å². The molecule has 0 saturated heterocycles. The van der Waals surface area contributed by atoms with Crippen molar-refractivity contribution in [2.75, 3.05) is 26.4 Å². The van der Waals surface area contributed by atoms with E-state index in [9.17, 15) is 5.11 Å². The Hall–Kier alpha value is -0.740. The molecule has 4 heteroatoms. The summed E-state index contributed by atoms with van der Waals surface area (Å²) < 4.78 is 0.728. The van der Waals surface area contributed by atoms with Crippen molar-refractivity contribution in [1.82, 2.24) is 4.48 Å². The Kier molecular flexibility index (Phi) is 3.31. The van der Waals surface area contributed by atoms with Crippen LogP contribution < -0.4 is 27.2 Å². The lowest BCUT2D eigenvalue weighted by atomic mass is 9.98. The van der Waals surface area contributed by atoms with Crippen molar-refractivity contribution >= 4 is 11.4 Å². The van der Waals surface area contributed by atoms with Crippen molar-refractivity contribution in [2.45, 2.75) is 12.8 Å². The monoisotopic (exact) mass is 272 g/mol. The van der Waals surface area contributed by atoms with Gasteiger partial charge in [0.2, 0.25) is 0 Å². The first-order valence-electron chi connectivity index (χ1n) is 4.96. The summed E-state index contributed by atoms with van der Waals surface area (Å²) in [6.45, 7) is 1.06. The molecule has 0 aromatic heterocycles. The summed E-state index contributed by atoms with van der Waals surface area (Å²) in [4.78, 5) is 0. The minimum Gasteiger partial charge on any atom is -1.00 e. The molecule has 0 bridgehead atoms. The largest absolute Gasteiger partial charge is 1.00 e. The van der Waals surface area contributed by atoms with Crippen molar-refractivity contribution in [1.29, 1.82) is 0 Å². The van der Waals surface area contributed by atoms with Crippen LogP contribution in [0.5, 0.6) is 5.75 Å². The van der Waals surface area contributed by atoms with Gasteiger partial charge < -0.3 is 27.8 Å². The van der Waals surface area contributed by atoms with E-state index in [2.05, 4.69) is 14.1 Å². The highest BCUT2D eigenvalue weighted by atomic mass is 79.9. The van der Waals surface area contributed by atoms with Gasteiger partial charge in [-0.05, 0) is 18.6 Å². The third kappa shape index (κ3) is 1.96. The van der Waals surface area contributed by atoms with Gasteiger partial charge in [0.1, 0.15) is 0 Å². The quantitative estimate of drug-likeness (QED) is 0.343. The lowest BCUT2D eigenvalue weighted by Gasteiger charge is -2.35. The number of rotatable bonds is 0. The molecule has 3 N–H and O–H groups in total. The fourth-order valence-electron chi connectivity index (χ4n) is 2.34. The summed E-state index contributed by atoms with van der Waals surface area (Å²) in [7, 11) is 4.22. The Morgan fingerprint density at radius 1 is 1.33 bits per heavy atom. The number of benzene rings is 1. The summed E-state index contributed by atoms with van der Waals surface area (Å²) in [5.74, 6) is 0.374. The fourth-order valence-corrected chi connectivity index (χ4v) is 2.34. The van der Waals surface area contributed by atoms with Gasteiger partial charge in [0, 0.05) is 17.7 Å². The van der Waals surface area contributed by atoms with Crippen molar-refractivity contribution in [3.63, 3.8) is 0 Å². The number of hydrogen-bond acceptors (Lipinski definition) is 2. The van der Waals surface area contributed by atoms with Crippen LogP contribution in [0.2, 0.25) is 0 Å². The normalized spacial score (nSPS) is 17.7. The van der Waals surface area contributed by atoms with E-state index in [0.717, 1.165) is 40.8 Å². The fraction of sp³-hybridized carbons (Fsp3) is 0.455. The number of nitrogens with zero attached hydrogens (tertiary/aromatic N) is 1. The van der Waals surface area contributed by atoms with Gasteiger partial charge in [0.25, 0.3) is 0 Å². The van der Waals surface area contributed by atoms with Crippen molar-refractivity contribution < 1.29 is 22.1 Å². The molecule has 0 aliphatic carbocycles. The Morgan fingerprint density at radius 3 is 2.60 bits per heavy atom. The molecule has 1 heterocycles. The van der Waals surface area contributed by atoms with Gasteiger partial charge in [-0.3, -0.25) is 4.48 Å². The number of aromatic hydroxyl groups is 1. The molecule has 0 fully saturated rings. The molecule has 3 nitrogen and oxygen atoms in total. The molecule has 1 aliphatic rings. The van der Waals surface area contributed by atoms with Gasteiger partial charge in [0.05, 0.1) is 20.6 Å². The van der Waals surface area contributed by atoms with E-state index >= 15 is 0 Å². The van der Waals surface area contributed by atoms with Gasteiger partial charge in [0.15, 0.2) is 11.4 Å². The molecule has 1 aromatic carbocycles. The van der Waals surface area contributed by atoms with E-state index in [0.29, 0.717) is 5.75 Å². The van der Waals surface area contributed by atoms with E-state index in [1.807, 2.05) is 0 Å². The first-order valence-corrected chi connectivity index (χ1v) is 4.96. The van der Waals surface area contributed by atoms with Crippen molar-refractivity contribution in [3.8, 4) is 5.75 Å². The molecule has 0 atom stereocenters. The molecule has 15 heavy (non-hydrogen) atoms. The highest BCUT2D eigenvalue weighted by Gasteiger charge is 2.31. The highest BCUT2D eigenvalue weighted by Crippen LogP contribution is 2.41. The maximum absolute atomic E-state index is 9.85. The lowest BCUT2D eigenvalue weighted by molar-refractivity contribution is -0.00000420. The number of anilines is 1. The molecule has 0 radical (unpaired) electrons. The summed E-state index contributed by atoms with van der Waals surface area (Å²) in [5, 5.41) is 9.85. The number of phenols is 1. The SMILES string of the molecule is C[N+]1(C)CCCc2c(N)ccc(O)c21.[Br-]. The average molecular weight is 273 g/mol. The zero-order valence-corrected chi connectivity index (χ0v) is 10.7. The predicted octanol–water partition coefficient (Wildman–Crippen LogP) is -1.51. The smallest absolute Gasteiger partial charge is 0.179 e. The number of halogens is 1. The number of quaternary nitrogens is 1. The number of nitrogen functional groups attached to an aromatic ring is 1. The van der Waals surface area contributed by atoms with Crippen LogP contribution in [0.15, 0.2) is 12.1 Å². The minimum absolute atomic E-state index is 0. The van der Waals surface area contributed by atoms with Gasteiger partial charge in [-0.1, -0.05) is 0 Å². The Morgan fingerprint density at radius 2 is 2.00 bits per heavy atom. The summed E-state index contributed by atoms with van der Waals surface area (Å²) >= 11 is 0. The zero-order chi connectivity index (χ0) is 10.3. The number of hydrogen-bond donors (Lipinski definition) is 2. The molecular formula is C11H17BrN2O. The van der Waals surface area contributed by atoms with Crippen LogP contribution in [-0.2, 0) is 6.42 Å². The second kappa shape index (κ2) is 4.02. The van der Waals surface area contributed by atoms with Crippen LogP contribution in [-0.4, -0.2) is 25.7 Å². The maximum Gasteiger partial charge on any atom is 0.179 e. The van der Waals surface area contributed by atoms with Gasteiger partial charge in [-0.15, -0.1) is 0 Å². The molecule has 0 amide bonds. The molecule has 2 rings (SSSR count). The maximum atomic E-state index is 9.85. The van der Waals surface area contributed by atoms with Crippen LogP contribution in [0, 0.1) is 0 Å². The van der Waals surface area contributed by atoms with Crippen LogP contribution >= 0.6 is 0 Å². The standard InChI is InChI=1S/C11H16N2O.BrH/c1-13(2)7-3-4-8-9(12)5-6-10(14)11(8)13;/h5-6H,3-4,7,12H2,1-2H3;1H. The zero-order valence-electron chi connectivity index (χ0n) is 9.13. The van der Waals surface area contributed by atoms with E-state index < -0.39 is 0 Å². The second-order valence-electron chi connectivity index (χ2n) is 4.51. The topological polar surface area (TPSA) is 46.2 Å². The van der Waals surface area contributed by atoms with Crippen LogP contribution in [0.25, 0.3) is 0 Å². The summed E-state index contributed by atoms with van der Waals surface area (Å²) in [5.41, 5.74) is 8.84. The lowest BCUT2D eigenvalue weighted by Crippen LogP contribution is -3.00. The third-order valence-electron chi connectivity index (χ3n) is 3.05. The number of phenolic OH excluding ortho intramolecular Hbond substituents is 1. The van der Waals surface area contributed by atoms with Crippen molar-refractivity contribution in [2.24, 2.45) is 0 Å². The molecule has 84 valence electrons.